The zero-order valence-corrected chi connectivity index (χ0v) is 13.0. The first kappa shape index (κ1) is 14.1. The van der Waals surface area contributed by atoms with Crippen molar-refractivity contribution in [2.24, 2.45) is 0 Å². The molecule has 0 atom stereocenters. The number of nitrogens with one attached hydrogen (secondary N) is 1. The van der Waals surface area contributed by atoms with Crippen LogP contribution in [0.5, 0.6) is 0 Å². The number of anilines is 2. The van der Waals surface area contributed by atoms with Crippen LogP contribution in [0.25, 0.3) is 10.9 Å². The Labute approximate surface area is 126 Å². The second-order valence-corrected chi connectivity index (χ2v) is 5.70. The molecule has 1 heterocycles. The molecule has 1 fully saturated rings. The lowest BCUT2D eigenvalue weighted by molar-refractivity contribution is 0.706. The van der Waals surface area contributed by atoms with E-state index in [4.69, 9.17) is 4.98 Å². The Bertz CT molecular complexity index is 607. The first-order chi connectivity index (χ1) is 10.3. The summed E-state index contributed by atoms with van der Waals surface area (Å²) in [5.41, 5.74) is 1.03. The third-order valence-electron chi connectivity index (χ3n) is 3.93. The molecule has 1 aromatic carbocycles. The van der Waals surface area contributed by atoms with Gasteiger partial charge in [0.2, 0.25) is 5.95 Å². The summed E-state index contributed by atoms with van der Waals surface area (Å²) < 4.78 is 0. The smallest absolute Gasteiger partial charge is 0.225 e. The Hall–Kier alpha value is -1.84. The largest absolute Gasteiger partial charge is 0.354 e. The molecule has 0 saturated heterocycles. The summed E-state index contributed by atoms with van der Waals surface area (Å²) >= 11 is 0. The molecule has 1 N–H and O–H groups in total. The summed E-state index contributed by atoms with van der Waals surface area (Å²) in [5, 5.41) is 4.43. The average Bonchev–Trinajstić information content (AvgIpc) is 3.33. The standard InChI is InChI=1S/C17H24N4/c1-3-5-12-21(13-10-11-13)16-14-8-6-7-9-15(14)19-17(20-16)18-4-2/h6-9,13H,3-5,10-12H2,1-2H3,(H,18,19,20). The molecular formula is C17H24N4. The highest BCUT2D eigenvalue weighted by molar-refractivity contribution is 5.90. The van der Waals surface area contributed by atoms with Gasteiger partial charge in [-0.25, -0.2) is 4.98 Å². The van der Waals surface area contributed by atoms with Crippen molar-refractivity contribution in [2.75, 3.05) is 23.3 Å². The van der Waals surface area contributed by atoms with E-state index < -0.39 is 0 Å². The van der Waals surface area contributed by atoms with Gasteiger partial charge in [-0.1, -0.05) is 25.5 Å². The van der Waals surface area contributed by atoms with Gasteiger partial charge in [0.05, 0.1) is 5.52 Å². The average molecular weight is 284 g/mol. The van der Waals surface area contributed by atoms with Crippen LogP contribution in [-0.2, 0) is 0 Å². The highest BCUT2D eigenvalue weighted by atomic mass is 15.3. The first-order valence-corrected chi connectivity index (χ1v) is 8.10. The summed E-state index contributed by atoms with van der Waals surface area (Å²) in [6.45, 7) is 6.26. The monoisotopic (exact) mass is 284 g/mol. The molecule has 0 unspecified atom stereocenters. The van der Waals surface area contributed by atoms with Gasteiger partial charge in [0.1, 0.15) is 5.82 Å². The van der Waals surface area contributed by atoms with Crippen molar-refractivity contribution in [3.8, 4) is 0 Å². The van der Waals surface area contributed by atoms with Crippen LogP contribution in [0.15, 0.2) is 24.3 Å². The predicted molar refractivity (Wildman–Crippen MR) is 89.0 cm³/mol. The predicted octanol–water partition coefficient (Wildman–Crippen LogP) is 3.83. The molecule has 1 aliphatic carbocycles. The molecule has 0 bridgehead atoms. The highest BCUT2D eigenvalue weighted by Crippen LogP contribution is 2.35. The number of hydrogen-bond acceptors (Lipinski definition) is 4. The Kier molecular flexibility index (Phi) is 4.23. The maximum Gasteiger partial charge on any atom is 0.225 e. The Balaban J connectivity index is 2.04. The molecule has 0 aliphatic heterocycles. The van der Waals surface area contributed by atoms with E-state index in [2.05, 4.69) is 47.2 Å². The van der Waals surface area contributed by atoms with Gasteiger partial charge in [0.25, 0.3) is 0 Å². The van der Waals surface area contributed by atoms with E-state index in [1.54, 1.807) is 0 Å². The number of unbranched alkanes of at least 4 members (excludes halogenated alkanes) is 1. The van der Waals surface area contributed by atoms with Gasteiger partial charge in [-0.15, -0.1) is 0 Å². The van der Waals surface area contributed by atoms with E-state index in [0.717, 1.165) is 30.4 Å². The number of rotatable bonds is 7. The van der Waals surface area contributed by atoms with Gasteiger partial charge in [0.15, 0.2) is 0 Å². The van der Waals surface area contributed by atoms with Gasteiger partial charge in [0, 0.05) is 24.5 Å². The first-order valence-electron chi connectivity index (χ1n) is 8.10. The number of fused-ring (bicyclic) bond motifs is 1. The lowest BCUT2D eigenvalue weighted by Crippen LogP contribution is -2.28. The number of benzene rings is 1. The van der Waals surface area contributed by atoms with Crippen molar-refractivity contribution in [3.05, 3.63) is 24.3 Å². The van der Waals surface area contributed by atoms with Gasteiger partial charge in [-0.3, -0.25) is 0 Å². The van der Waals surface area contributed by atoms with Crippen molar-refractivity contribution in [3.63, 3.8) is 0 Å². The number of hydrogen-bond donors (Lipinski definition) is 1. The molecule has 4 heteroatoms. The van der Waals surface area contributed by atoms with Crippen LogP contribution < -0.4 is 10.2 Å². The van der Waals surface area contributed by atoms with Crippen LogP contribution in [-0.4, -0.2) is 29.1 Å². The number of nitrogens with zero attached hydrogens (tertiary/aromatic N) is 3. The normalized spacial score (nSPS) is 14.4. The number of aromatic nitrogens is 2. The van der Waals surface area contributed by atoms with Crippen LogP contribution >= 0.6 is 0 Å². The van der Waals surface area contributed by atoms with Gasteiger partial charge in [-0.05, 0) is 38.3 Å². The van der Waals surface area contributed by atoms with Crippen LogP contribution in [0.2, 0.25) is 0 Å². The fourth-order valence-electron chi connectivity index (χ4n) is 2.69. The Morgan fingerprint density at radius 3 is 2.71 bits per heavy atom. The van der Waals surface area contributed by atoms with E-state index in [0.29, 0.717) is 6.04 Å². The molecule has 0 spiro atoms. The third-order valence-corrected chi connectivity index (χ3v) is 3.93. The van der Waals surface area contributed by atoms with Crippen LogP contribution in [0.1, 0.15) is 39.5 Å². The number of para-hydroxylation sites is 1. The summed E-state index contributed by atoms with van der Waals surface area (Å²) in [6, 6.07) is 9.01. The maximum absolute atomic E-state index is 4.81. The van der Waals surface area contributed by atoms with Crippen molar-refractivity contribution in [1.82, 2.24) is 9.97 Å². The highest BCUT2D eigenvalue weighted by Gasteiger charge is 2.30. The molecule has 0 amide bonds. The molecule has 3 rings (SSSR count). The maximum atomic E-state index is 4.81. The molecule has 1 aromatic heterocycles. The Morgan fingerprint density at radius 1 is 1.19 bits per heavy atom. The van der Waals surface area contributed by atoms with Gasteiger partial charge in [-0.2, -0.15) is 4.98 Å². The fraction of sp³-hybridized carbons (Fsp3) is 0.529. The topological polar surface area (TPSA) is 41.1 Å². The van der Waals surface area contributed by atoms with Crippen LogP contribution in [0, 0.1) is 0 Å². The van der Waals surface area contributed by atoms with Crippen LogP contribution in [0.4, 0.5) is 11.8 Å². The van der Waals surface area contributed by atoms with E-state index in [-0.39, 0.29) is 0 Å². The van der Waals surface area contributed by atoms with E-state index in [1.807, 2.05) is 6.07 Å². The quantitative estimate of drug-likeness (QED) is 0.839. The van der Waals surface area contributed by atoms with Crippen molar-refractivity contribution in [2.45, 2.75) is 45.6 Å². The van der Waals surface area contributed by atoms with Crippen molar-refractivity contribution < 1.29 is 0 Å². The summed E-state index contributed by atoms with van der Waals surface area (Å²) in [6.07, 6.45) is 5.01. The van der Waals surface area contributed by atoms with Gasteiger partial charge < -0.3 is 10.2 Å². The zero-order valence-electron chi connectivity index (χ0n) is 13.0. The minimum atomic E-state index is 0.671. The SMILES string of the molecule is CCCCN(c1nc(NCC)nc2ccccc12)C1CC1. The molecule has 0 radical (unpaired) electrons. The summed E-state index contributed by atoms with van der Waals surface area (Å²) in [4.78, 5) is 11.9. The van der Waals surface area contributed by atoms with Crippen molar-refractivity contribution in [1.29, 1.82) is 0 Å². The molecular weight excluding hydrogens is 260 g/mol. The second-order valence-electron chi connectivity index (χ2n) is 5.70. The van der Waals surface area contributed by atoms with E-state index in [9.17, 15) is 0 Å². The van der Waals surface area contributed by atoms with E-state index >= 15 is 0 Å². The van der Waals surface area contributed by atoms with E-state index in [1.165, 1.54) is 31.1 Å². The Morgan fingerprint density at radius 2 is 2.00 bits per heavy atom. The summed E-state index contributed by atoms with van der Waals surface area (Å²) in [7, 11) is 0. The minimum Gasteiger partial charge on any atom is -0.354 e. The molecule has 2 aromatic rings. The lowest BCUT2D eigenvalue weighted by Gasteiger charge is -2.25. The summed E-state index contributed by atoms with van der Waals surface area (Å²) in [5.74, 6) is 1.85. The molecule has 112 valence electrons. The van der Waals surface area contributed by atoms with Crippen molar-refractivity contribution >= 4 is 22.7 Å². The molecule has 21 heavy (non-hydrogen) atoms. The molecule has 4 nitrogen and oxygen atoms in total. The fourth-order valence-corrected chi connectivity index (χ4v) is 2.69. The lowest BCUT2D eigenvalue weighted by atomic mass is 10.2. The minimum absolute atomic E-state index is 0.671. The third kappa shape index (κ3) is 3.09. The molecule has 1 saturated carbocycles. The second kappa shape index (κ2) is 6.29. The zero-order chi connectivity index (χ0) is 14.7. The van der Waals surface area contributed by atoms with Crippen LogP contribution in [0.3, 0.4) is 0 Å². The van der Waals surface area contributed by atoms with Gasteiger partial charge >= 0.3 is 0 Å². The molecule has 1 aliphatic rings.